The van der Waals surface area contributed by atoms with Gasteiger partial charge in [0.1, 0.15) is 5.75 Å². The number of likely N-dealkylation sites (N-methyl/N-ethyl adjacent to an activating group) is 1. The second kappa shape index (κ2) is 9.55. The van der Waals surface area contributed by atoms with Crippen molar-refractivity contribution in [1.29, 1.82) is 0 Å². The molecule has 1 aliphatic heterocycles. The van der Waals surface area contributed by atoms with E-state index < -0.39 is 0 Å². The molecule has 2 N–H and O–H groups in total. The monoisotopic (exact) mass is 488 g/mol. The lowest BCUT2D eigenvalue weighted by atomic mass is 9.54. The van der Waals surface area contributed by atoms with E-state index >= 15 is 0 Å². The Morgan fingerprint density at radius 2 is 1.94 bits per heavy atom. The van der Waals surface area contributed by atoms with Crippen LogP contribution in [0.4, 0.5) is 0 Å². The fraction of sp³-hybridized carbons (Fsp3) is 0.462. The van der Waals surface area contributed by atoms with Crippen molar-refractivity contribution >= 4 is 35.0 Å². The molecule has 2 fully saturated rings. The summed E-state index contributed by atoms with van der Waals surface area (Å²) >= 11 is 13.0. The van der Waals surface area contributed by atoms with Crippen LogP contribution in [0, 0.1) is 11.3 Å². The van der Waals surface area contributed by atoms with Crippen LogP contribution in [0.5, 0.6) is 5.75 Å². The number of hydrogen-bond acceptors (Lipinski definition) is 3. The fourth-order valence-electron chi connectivity index (χ4n) is 6.01. The van der Waals surface area contributed by atoms with Gasteiger partial charge in [-0.3, -0.25) is 9.59 Å². The number of hydrogen-bond donors (Lipinski definition) is 2. The predicted molar refractivity (Wildman–Crippen MR) is 131 cm³/mol. The molecule has 2 aromatic carbocycles. The number of carbonyl (C=O) groups excluding carboxylic acids is 2. The molecule has 7 heteroatoms. The van der Waals surface area contributed by atoms with Gasteiger partial charge in [-0.25, -0.2) is 0 Å². The van der Waals surface area contributed by atoms with Crippen molar-refractivity contribution < 1.29 is 14.3 Å². The summed E-state index contributed by atoms with van der Waals surface area (Å²) in [5.41, 5.74) is 1.84. The molecule has 0 aromatic heterocycles. The van der Waals surface area contributed by atoms with Gasteiger partial charge < -0.3 is 15.4 Å². The van der Waals surface area contributed by atoms with Crippen LogP contribution in [0.15, 0.2) is 42.5 Å². The van der Waals surface area contributed by atoms with Crippen LogP contribution in [-0.2, 0) is 9.59 Å². The van der Waals surface area contributed by atoms with Crippen LogP contribution in [0.25, 0.3) is 0 Å². The van der Waals surface area contributed by atoms with E-state index in [4.69, 9.17) is 27.9 Å². The van der Waals surface area contributed by atoms with Crippen LogP contribution in [0.2, 0.25) is 10.0 Å². The number of ether oxygens (including phenoxy) is 1. The number of rotatable bonds is 6. The number of fused-ring (bicyclic) bond motifs is 1. The van der Waals surface area contributed by atoms with Gasteiger partial charge in [0, 0.05) is 29.1 Å². The Bertz CT molecular complexity index is 1040. The highest BCUT2D eigenvalue weighted by Gasteiger charge is 2.59. The van der Waals surface area contributed by atoms with Gasteiger partial charge >= 0.3 is 0 Å². The van der Waals surface area contributed by atoms with Gasteiger partial charge in [-0.2, -0.15) is 0 Å². The van der Waals surface area contributed by atoms with Gasteiger partial charge in [0.15, 0.2) is 6.61 Å². The van der Waals surface area contributed by atoms with Crippen LogP contribution in [-0.4, -0.2) is 31.5 Å². The number of halogens is 2. The number of amides is 2. The molecule has 0 bridgehead atoms. The quantitative estimate of drug-likeness (QED) is 0.578. The molecule has 33 heavy (non-hydrogen) atoms. The summed E-state index contributed by atoms with van der Waals surface area (Å²) in [7, 11) is 1.57. The normalized spacial score (nSPS) is 28.7. The largest absolute Gasteiger partial charge is 0.484 e. The average Bonchev–Trinajstić information content (AvgIpc) is 3.07. The van der Waals surface area contributed by atoms with Gasteiger partial charge in [0.2, 0.25) is 5.91 Å². The van der Waals surface area contributed by atoms with E-state index in [1.54, 1.807) is 13.1 Å². The van der Waals surface area contributed by atoms with Crippen molar-refractivity contribution in [3.8, 4) is 5.75 Å². The molecule has 2 amide bonds. The van der Waals surface area contributed by atoms with E-state index in [9.17, 15) is 9.59 Å². The van der Waals surface area contributed by atoms with Gasteiger partial charge in [0.05, 0.1) is 5.41 Å². The van der Waals surface area contributed by atoms with Gasteiger partial charge in [-0.15, -0.1) is 0 Å². The maximum Gasteiger partial charge on any atom is 0.257 e. The topological polar surface area (TPSA) is 67.4 Å². The molecule has 4 rings (SSSR count). The lowest BCUT2D eigenvalue weighted by Crippen LogP contribution is -2.43. The maximum absolute atomic E-state index is 13.1. The zero-order valence-electron chi connectivity index (χ0n) is 19.2. The minimum atomic E-state index is -0.372. The van der Waals surface area contributed by atoms with E-state index in [1.165, 1.54) is 5.56 Å². The summed E-state index contributed by atoms with van der Waals surface area (Å²) in [6, 6.07) is 13.7. The zero-order valence-corrected chi connectivity index (χ0v) is 20.7. The highest BCUT2D eigenvalue weighted by atomic mass is 35.5. The van der Waals surface area contributed by atoms with Crippen molar-refractivity contribution in [3.05, 3.63) is 63.6 Å². The summed E-state index contributed by atoms with van der Waals surface area (Å²) in [6.07, 6.45) is 2.49. The molecule has 2 aliphatic rings. The zero-order chi connectivity index (χ0) is 23.8. The molecule has 1 saturated carbocycles. The molecule has 1 aliphatic carbocycles. The Kier molecular flexibility index (Phi) is 6.92. The second-order valence-electron chi connectivity index (χ2n) is 9.17. The number of carbonyl (C=O) groups is 2. The maximum atomic E-state index is 13.1. The second-order valence-corrected chi connectivity index (χ2v) is 10.0. The highest BCUT2D eigenvalue weighted by molar-refractivity contribution is 6.31. The lowest BCUT2D eigenvalue weighted by Gasteiger charge is -2.47. The third-order valence-electron chi connectivity index (χ3n) is 7.62. The first-order valence-electron chi connectivity index (χ1n) is 11.5. The molecular formula is C26H30Cl2N2O3. The Morgan fingerprint density at radius 3 is 2.58 bits per heavy atom. The van der Waals surface area contributed by atoms with Crippen LogP contribution in [0.3, 0.4) is 0 Å². The van der Waals surface area contributed by atoms with E-state index in [0.29, 0.717) is 15.8 Å². The molecule has 176 valence electrons. The number of benzene rings is 2. The molecule has 2 aromatic rings. The molecule has 0 radical (unpaired) electrons. The Balaban J connectivity index is 1.73. The van der Waals surface area contributed by atoms with Crippen molar-refractivity contribution in [2.45, 2.75) is 51.0 Å². The first-order valence-corrected chi connectivity index (χ1v) is 12.3. The van der Waals surface area contributed by atoms with E-state index in [2.05, 4.69) is 36.6 Å². The molecular weight excluding hydrogens is 459 g/mol. The third kappa shape index (κ3) is 4.33. The van der Waals surface area contributed by atoms with E-state index in [0.717, 1.165) is 24.8 Å². The van der Waals surface area contributed by atoms with E-state index in [1.807, 2.05) is 24.3 Å². The summed E-state index contributed by atoms with van der Waals surface area (Å²) in [6.45, 7) is 4.17. The molecule has 1 saturated heterocycles. The summed E-state index contributed by atoms with van der Waals surface area (Å²) in [5, 5.41) is 7.08. The SMILES string of the molecule is CC[C@@]12CC[C@@H](c3ccc(OCC(=O)NC)cc3Cl)[C@H](c3ccc(Cl)cc3)[C@@H]1[C@@H](C)NC2=O. The standard InChI is InChI=1S/C26H30Cl2N2O3/c1-4-26-12-11-20(19-10-9-18(13-21(19)28)33-14-22(31)29-3)23(16-5-7-17(27)8-6-16)24(26)15(2)30-25(26)32/h5-10,13,15,20,23-24H,4,11-12,14H2,1-3H3,(H,29,31)(H,30,32)/t15-,20+,23+,24+,26-/m1/s1. The van der Waals surface area contributed by atoms with Crippen molar-refractivity contribution in [3.63, 3.8) is 0 Å². The predicted octanol–water partition coefficient (Wildman–Crippen LogP) is 5.31. The molecule has 0 unspecified atom stereocenters. The minimum Gasteiger partial charge on any atom is -0.484 e. The molecule has 5 atom stereocenters. The number of nitrogens with one attached hydrogen (secondary N) is 2. The van der Waals surface area contributed by atoms with E-state index in [-0.39, 0.29) is 47.6 Å². The van der Waals surface area contributed by atoms with Gasteiger partial charge in [0.25, 0.3) is 5.91 Å². The first-order chi connectivity index (χ1) is 15.8. The van der Waals surface area contributed by atoms with Crippen LogP contribution >= 0.6 is 23.2 Å². The third-order valence-corrected chi connectivity index (χ3v) is 8.19. The van der Waals surface area contributed by atoms with Crippen LogP contribution in [0.1, 0.15) is 56.1 Å². The van der Waals surface area contributed by atoms with Gasteiger partial charge in [-0.05, 0) is 73.4 Å². The Morgan fingerprint density at radius 1 is 1.21 bits per heavy atom. The summed E-state index contributed by atoms with van der Waals surface area (Å²) < 4.78 is 5.57. The average molecular weight is 489 g/mol. The summed E-state index contributed by atoms with van der Waals surface area (Å²) in [5.74, 6) is 0.930. The highest BCUT2D eigenvalue weighted by Crippen LogP contribution is 2.60. The van der Waals surface area contributed by atoms with Crippen molar-refractivity contribution in [1.82, 2.24) is 10.6 Å². The minimum absolute atomic E-state index is 0.0601. The Hall–Kier alpha value is -2.24. The van der Waals surface area contributed by atoms with Crippen molar-refractivity contribution in [2.24, 2.45) is 11.3 Å². The molecule has 1 heterocycles. The van der Waals surface area contributed by atoms with Gasteiger partial charge in [-0.1, -0.05) is 48.3 Å². The first kappa shape index (κ1) is 23.9. The Labute approximate surface area is 205 Å². The fourth-order valence-corrected chi connectivity index (χ4v) is 6.45. The smallest absolute Gasteiger partial charge is 0.257 e. The van der Waals surface area contributed by atoms with Crippen LogP contribution < -0.4 is 15.4 Å². The molecule has 0 spiro atoms. The van der Waals surface area contributed by atoms with Crippen molar-refractivity contribution in [2.75, 3.05) is 13.7 Å². The lowest BCUT2D eigenvalue weighted by molar-refractivity contribution is -0.131. The molecule has 5 nitrogen and oxygen atoms in total. The summed E-state index contributed by atoms with van der Waals surface area (Å²) in [4.78, 5) is 24.6.